The number of carbonyl (C=O) groups excluding carboxylic acids is 2. The Balaban J connectivity index is 1.34. The molecule has 1 aromatic carbocycles. The molecule has 8 nitrogen and oxygen atoms in total. The number of carbonyl (C=O) groups is 2. The highest BCUT2D eigenvalue weighted by Crippen LogP contribution is 2.28. The van der Waals surface area contributed by atoms with Gasteiger partial charge < -0.3 is 15.0 Å². The predicted molar refractivity (Wildman–Crippen MR) is 114 cm³/mol. The first kappa shape index (κ1) is 19.8. The van der Waals surface area contributed by atoms with Crippen LogP contribution in [0.15, 0.2) is 48.7 Å². The number of amides is 3. The van der Waals surface area contributed by atoms with E-state index in [0.717, 1.165) is 21.9 Å². The molecule has 1 aliphatic heterocycles. The maximum absolute atomic E-state index is 12.6. The minimum atomic E-state index is -0.296. The average Bonchev–Trinajstić information content (AvgIpc) is 3.19. The van der Waals surface area contributed by atoms with Gasteiger partial charge in [0.25, 0.3) is 5.91 Å². The van der Waals surface area contributed by atoms with Crippen molar-refractivity contribution in [3.63, 3.8) is 0 Å². The van der Waals surface area contributed by atoms with Crippen LogP contribution >= 0.6 is 11.3 Å². The van der Waals surface area contributed by atoms with E-state index >= 15 is 0 Å². The van der Waals surface area contributed by atoms with Gasteiger partial charge in [0, 0.05) is 30.6 Å². The zero-order chi connectivity index (χ0) is 20.9. The molecule has 2 aromatic heterocycles. The fraction of sp³-hybridized carbons (Fsp3) is 0.238. The van der Waals surface area contributed by atoms with Crippen LogP contribution in [0.4, 0.5) is 9.93 Å². The number of hydrogen-bond donors (Lipinski definition) is 2. The van der Waals surface area contributed by atoms with E-state index in [9.17, 15) is 9.59 Å². The molecule has 0 atom stereocenters. The molecule has 0 spiro atoms. The van der Waals surface area contributed by atoms with E-state index in [0.29, 0.717) is 36.9 Å². The second-order valence-corrected chi connectivity index (χ2v) is 7.82. The lowest BCUT2D eigenvalue weighted by Crippen LogP contribution is -2.42. The van der Waals surface area contributed by atoms with Crippen molar-refractivity contribution < 1.29 is 14.3 Å². The number of hydrogen-bond acceptors (Lipinski definition) is 6. The number of aromatic nitrogens is 2. The van der Waals surface area contributed by atoms with Gasteiger partial charge in [-0.3, -0.25) is 15.1 Å². The Morgan fingerprint density at radius 1 is 1.20 bits per heavy atom. The van der Waals surface area contributed by atoms with Gasteiger partial charge in [-0.1, -0.05) is 29.5 Å². The van der Waals surface area contributed by atoms with Crippen molar-refractivity contribution in [3.05, 3.63) is 70.5 Å². The summed E-state index contributed by atoms with van der Waals surface area (Å²) in [4.78, 5) is 36.1. The summed E-state index contributed by atoms with van der Waals surface area (Å²) >= 11 is 1.39. The summed E-state index contributed by atoms with van der Waals surface area (Å²) in [5.74, 6) is 0.487. The van der Waals surface area contributed by atoms with Crippen molar-refractivity contribution in [2.75, 3.05) is 19.0 Å². The molecule has 2 N–H and O–H groups in total. The van der Waals surface area contributed by atoms with Crippen molar-refractivity contribution in [1.29, 1.82) is 0 Å². The molecule has 0 saturated carbocycles. The number of urea groups is 1. The maximum Gasteiger partial charge on any atom is 0.318 e. The zero-order valence-electron chi connectivity index (χ0n) is 16.4. The Kier molecular flexibility index (Phi) is 5.89. The Morgan fingerprint density at radius 2 is 2.03 bits per heavy atom. The lowest BCUT2D eigenvalue weighted by Gasteiger charge is -2.26. The second-order valence-electron chi connectivity index (χ2n) is 6.74. The molecule has 1 aliphatic rings. The first-order valence-corrected chi connectivity index (χ1v) is 10.3. The number of anilines is 1. The normalized spacial score (nSPS) is 12.8. The number of thiazole rings is 1. The van der Waals surface area contributed by atoms with Crippen LogP contribution < -0.4 is 15.4 Å². The van der Waals surface area contributed by atoms with E-state index in [-0.39, 0.29) is 11.9 Å². The van der Waals surface area contributed by atoms with Crippen LogP contribution in [-0.4, -0.2) is 40.5 Å². The van der Waals surface area contributed by atoms with Gasteiger partial charge in [0.1, 0.15) is 11.4 Å². The summed E-state index contributed by atoms with van der Waals surface area (Å²) in [6.07, 6.45) is 2.23. The highest BCUT2D eigenvalue weighted by molar-refractivity contribution is 7.15. The molecule has 3 heterocycles. The number of rotatable bonds is 5. The molecule has 3 aromatic rings. The van der Waals surface area contributed by atoms with E-state index in [1.54, 1.807) is 36.4 Å². The lowest BCUT2D eigenvalue weighted by atomic mass is 10.2. The van der Waals surface area contributed by atoms with Crippen LogP contribution in [0, 0.1) is 0 Å². The van der Waals surface area contributed by atoms with Crippen molar-refractivity contribution in [3.8, 4) is 5.75 Å². The summed E-state index contributed by atoms with van der Waals surface area (Å²) in [6, 6.07) is 12.6. The Morgan fingerprint density at radius 3 is 2.77 bits per heavy atom. The molecule has 0 saturated heterocycles. The lowest BCUT2D eigenvalue weighted by molar-refractivity contribution is 0.102. The first-order valence-electron chi connectivity index (χ1n) is 9.49. The third kappa shape index (κ3) is 4.57. The molecule has 4 rings (SSSR count). The summed E-state index contributed by atoms with van der Waals surface area (Å²) in [5.41, 5.74) is 2.26. The zero-order valence-corrected chi connectivity index (χ0v) is 17.2. The van der Waals surface area contributed by atoms with Crippen LogP contribution in [0.1, 0.15) is 26.6 Å². The van der Waals surface area contributed by atoms with E-state index in [2.05, 4.69) is 20.6 Å². The first-order chi connectivity index (χ1) is 14.6. The van der Waals surface area contributed by atoms with E-state index in [4.69, 9.17) is 4.74 Å². The largest absolute Gasteiger partial charge is 0.497 e. The number of nitrogens with zero attached hydrogens (tertiary/aromatic N) is 3. The Bertz CT molecular complexity index is 1040. The van der Waals surface area contributed by atoms with E-state index < -0.39 is 0 Å². The van der Waals surface area contributed by atoms with Crippen molar-refractivity contribution in [2.24, 2.45) is 0 Å². The highest BCUT2D eigenvalue weighted by atomic mass is 32.1. The monoisotopic (exact) mass is 423 g/mol. The molecule has 0 radical (unpaired) electrons. The number of methoxy groups -OCH3 is 1. The third-order valence-electron chi connectivity index (χ3n) is 4.74. The SMILES string of the molecule is COc1ccc(CNC(=O)N2CCc3nc(NC(=O)c4ccccn4)sc3C2)cc1. The topological polar surface area (TPSA) is 96.5 Å². The number of pyridine rings is 1. The van der Waals surface area contributed by atoms with Crippen LogP contribution in [0.5, 0.6) is 5.75 Å². The van der Waals surface area contributed by atoms with Gasteiger partial charge in [0.05, 0.1) is 19.3 Å². The number of fused-ring (bicyclic) bond motifs is 1. The molecule has 0 bridgehead atoms. The minimum absolute atomic E-state index is 0.121. The number of ether oxygens (including phenoxy) is 1. The molecule has 154 valence electrons. The number of benzene rings is 1. The van der Waals surface area contributed by atoms with Gasteiger partial charge in [-0.2, -0.15) is 0 Å². The minimum Gasteiger partial charge on any atom is -0.497 e. The maximum atomic E-state index is 12.6. The molecule has 0 aliphatic carbocycles. The Labute approximate surface area is 177 Å². The molecule has 9 heteroatoms. The fourth-order valence-electron chi connectivity index (χ4n) is 3.11. The van der Waals surface area contributed by atoms with Gasteiger partial charge >= 0.3 is 6.03 Å². The standard InChI is InChI=1S/C21H21N5O3S/c1-29-15-7-5-14(6-8-15)12-23-21(28)26-11-9-16-18(13-26)30-20(24-16)25-19(27)17-4-2-3-10-22-17/h2-8,10H,9,11-13H2,1H3,(H,23,28)(H,24,25,27). The molecular weight excluding hydrogens is 402 g/mol. The van der Waals surface area contributed by atoms with Crippen molar-refractivity contribution in [2.45, 2.75) is 19.5 Å². The molecule has 30 heavy (non-hydrogen) atoms. The van der Waals surface area contributed by atoms with Crippen LogP contribution in [0.3, 0.4) is 0 Å². The average molecular weight is 423 g/mol. The van der Waals surface area contributed by atoms with Crippen molar-refractivity contribution in [1.82, 2.24) is 20.2 Å². The second kappa shape index (κ2) is 8.91. The Hall–Kier alpha value is -3.46. The smallest absolute Gasteiger partial charge is 0.318 e. The van der Waals surface area contributed by atoms with Crippen LogP contribution in [0.25, 0.3) is 0 Å². The summed E-state index contributed by atoms with van der Waals surface area (Å²) < 4.78 is 5.14. The third-order valence-corrected chi connectivity index (χ3v) is 5.74. The van der Waals surface area contributed by atoms with Gasteiger partial charge in [0.2, 0.25) is 0 Å². The van der Waals surface area contributed by atoms with Crippen molar-refractivity contribution >= 4 is 28.4 Å². The molecule has 0 fully saturated rings. The molecule has 0 unspecified atom stereocenters. The fourth-order valence-corrected chi connectivity index (χ4v) is 4.13. The van der Waals surface area contributed by atoms with Gasteiger partial charge in [-0.05, 0) is 29.8 Å². The van der Waals surface area contributed by atoms with Gasteiger partial charge in [-0.25, -0.2) is 9.78 Å². The van der Waals surface area contributed by atoms with Gasteiger partial charge in [-0.15, -0.1) is 0 Å². The van der Waals surface area contributed by atoms with Crippen LogP contribution in [-0.2, 0) is 19.5 Å². The molecule has 3 amide bonds. The number of nitrogens with one attached hydrogen (secondary N) is 2. The summed E-state index contributed by atoms with van der Waals surface area (Å²) in [7, 11) is 1.62. The van der Waals surface area contributed by atoms with E-state index in [1.165, 1.54) is 11.3 Å². The summed E-state index contributed by atoms with van der Waals surface area (Å²) in [5, 5.41) is 6.27. The summed E-state index contributed by atoms with van der Waals surface area (Å²) in [6.45, 7) is 1.50. The highest BCUT2D eigenvalue weighted by Gasteiger charge is 2.24. The molecular formula is C21H21N5O3S. The van der Waals surface area contributed by atoms with Gasteiger partial charge in [0.15, 0.2) is 5.13 Å². The van der Waals surface area contributed by atoms with Crippen LogP contribution in [0.2, 0.25) is 0 Å². The quantitative estimate of drug-likeness (QED) is 0.657. The predicted octanol–water partition coefficient (Wildman–Crippen LogP) is 3.07. The van der Waals surface area contributed by atoms with E-state index in [1.807, 2.05) is 24.3 Å².